The molecule has 10 rings (SSSR count). The van der Waals surface area contributed by atoms with Crippen molar-refractivity contribution in [3.05, 3.63) is 169 Å². The van der Waals surface area contributed by atoms with Crippen molar-refractivity contribution in [1.29, 1.82) is 0 Å². The van der Waals surface area contributed by atoms with E-state index in [1.54, 1.807) is 0 Å². The molecule has 1 aliphatic carbocycles. The smallest absolute Gasteiger partial charge is 0.0368 e. The van der Waals surface area contributed by atoms with Gasteiger partial charge in [-0.25, -0.2) is 0 Å². The zero-order valence-corrected chi connectivity index (χ0v) is 27.7. The molecule has 226 valence electrons. The molecule has 0 spiro atoms. The number of hydrogen-bond donors (Lipinski definition) is 0. The molecule has 1 aromatic heterocycles. The summed E-state index contributed by atoms with van der Waals surface area (Å²) in [5.41, 5.74) is 13.2. The first-order valence-electron chi connectivity index (χ1n) is 16.8. The average Bonchev–Trinajstić information content (AvgIpc) is 3.62. The third kappa shape index (κ3) is 3.83. The standard InChI is InChI=1S/C47H32S/c1-47(2)39-22-12-10-20-36(39)45-44-37-21-11-13-23-40(37)48-41(44)28-38(46(45)47)29-24-26-31(27-25-29)43-34-18-8-6-16-32(34)42(30-14-4-3-5-15-30)33-17-7-9-19-35(33)43/h3-28H,1-2H3. The molecule has 1 heterocycles. The van der Waals surface area contributed by atoms with Crippen LogP contribution >= 0.6 is 11.3 Å². The predicted octanol–water partition coefficient (Wildman–Crippen LogP) is 13.7. The van der Waals surface area contributed by atoms with Gasteiger partial charge in [-0.1, -0.05) is 159 Å². The zero-order chi connectivity index (χ0) is 32.0. The lowest BCUT2D eigenvalue weighted by molar-refractivity contribution is 0.662. The maximum Gasteiger partial charge on any atom is 0.0368 e. The fourth-order valence-electron chi connectivity index (χ4n) is 8.59. The Bertz CT molecular complexity index is 2670. The van der Waals surface area contributed by atoms with E-state index in [0.29, 0.717) is 0 Å². The van der Waals surface area contributed by atoms with Crippen molar-refractivity contribution in [2.24, 2.45) is 0 Å². The third-order valence-corrected chi connectivity index (χ3v) is 11.8. The molecule has 0 fully saturated rings. The number of hydrogen-bond acceptors (Lipinski definition) is 1. The first kappa shape index (κ1) is 27.6. The van der Waals surface area contributed by atoms with Gasteiger partial charge in [-0.3, -0.25) is 0 Å². The molecule has 0 unspecified atom stereocenters. The molecule has 0 atom stereocenters. The van der Waals surface area contributed by atoms with Crippen LogP contribution in [-0.4, -0.2) is 0 Å². The van der Waals surface area contributed by atoms with Crippen LogP contribution in [0.3, 0.4) is 0 Å². The van der Waals surface area contributed by atoms with Gasteiger partial charge in [0, 0.05) is 25.6 Å². The summed E-state index contributed by atoms with van der Waals surface area (Å²) in [5, 5.41) is 7.91. The Balaban J connectivity index is 1.22. The van der Waals surface area contributed by atoms with Crippen molar-refractivity contribution >= 4 is 53.1 Å². The summed E-state index contributed by atoms with van der Waals surface area (Å²) in [6, 6.07) is 58.5. The molecule has 0 amide bonds. The molecule has 0 radical (unpaired) electrons. The summed E-state index contributed by atoms with van der Waals surface area (Å²) in [4.78, 5) is 0. The van der Waals surface area contributed by atoms with Gasteiger partial charge >= 0.3 is 0 Å². The van der Waals surface area contributed by atoms with Gasteiger partial charge < -0.3 is 0 Å². The number of rotatable bonds is 3. The van der Waals surface area contributed by atoms with Crippen molar-refractivity contribution in [3.8, 4) is 44.5 Å². The van der Waals surface area contributed by atoms with Crippen LogP contribution in [0.5, 0.6) is 0 Å². The predicted molar refractivity (Wildman–Crippen MR) is 208 cm³/mol. The van der Waals surface area contributed by atoms with Crippen LogP contribution in [-0.2, 0) is 5.41 Å². The summed E-state index contributed by atoms with van der Waals surface area (Å²) in [7, 11) is 0. The normalized spacial score (nSPS) is 13.4. The highest BCUT2D eigenvalue weighted by Crippen LogP contribution is 2.57. The fourth-order valence-corrected chi connectivity index (χ4v) is 9.74. The molecular formula is C47H32S. The van der Waals surface area contributed by atoms with Crippen molar-refractivity contribution in [2.75, 3.05) is 0 Å². The minimum atomic E-state index is -0.114. The lowest BCUT2D eigenvalue weighted by atomic mass is 9.78. The lowest BCUT2D eigenvalue weighted by Crippen LogP contribution is -2.16. The average molecular weight is 629 g/mol. The monoisotopic (exact) mass is 628 g/mol. The Labute approximate surface area is 284 Å². The summed E-state index contributed by atoms with van der Waals surface area (Å²) >= 11 is 1.91. The quantitative estimate of drug-likeness (QED) is 0.171. The molecule has 0 saturated carbocycles. The summed E-state index contributed by atoms with van der Waals surface area (Å²) in [6.07, 6.45) is 0. The molecule has 0 bridgehead atoms. The van der Waals surface area contributed by atoms with E-state index in [-0.39, 0.29) is 5.41 Å². The molecule has 0 nitrogen and oxygen atoms in total. The van der Waals surface area contributed by atoms with E-state index in [2.05, 4.69) is 172 Å². The highest BCUT2D eigenvalue weighted by atomic mass is 32.1. The van der Waals surface area contributed by atoms with Crippen LogP contribution in [0.25, 0.3) is 86.2 Å². The second kappa shape index (κ2) is 10.2. The van der Waals surface area contributed by atoms with Gasteiger partial charge in [-0.05, 0) is 89.3 Å². The van der Waals surface area contributed by atoms with Gasteiger partial charge in [0.15, 0.2) is 0 Å². The molecule has 1 heteroatoms. The van der Waals surface area contributed by atoms with Gasteiger partial charge in [0.25, 0.3) is 0 Å². The Morgan fingerprint density at radius 1 is 0.396 bits per heavy atom. The van der Waals surface area contributed by atoms with Crippen LogP contribution in [0.1, 0.15) is 25.0 Å². The van der Waals surface area contributed by atoms with Gasteiger partial charge in [-0.2, -0.15) is 0 Å². The maximum atomic E-state index is 2.47. The van der Waals surface area contributed by atoms with Gasteiger partial charge in [-0.15, -0.1) is 11.3 Å². The van der Waals surface area contributed by atoms with E-state index in [1.807, 2.05) is 11.3 Å². The molecule has 0 aliphatic heterocycles. The molecule has 8 aromatic carbocycles. The van der Waals surface area contributed by atoms with Crippen LogP contribution < -0.4 is 0 Å². The fraction of sp³-hybridized carbons (Fsp3) is 0.0638. The van der Waals surface area contributed by atoms with Gasteiger partial charge in [0.2, 0.25) is 0 Å². The zero-order valence-electron chi connectivity index (χ0n) is 26.9. The SMILES string of the molecule is CC1(C)c2ccccc2-c2c1c(-c1ccc(-c3c4ccccc4c(-c4ccccc4)c4ccccc34)cc1)cc1sc3ccccc3c21. The number of fused-ring (bicyclic) bond motifs is 9. The second-order valence-corrected chi connectivity index (χ2v) is 14.7. The van der Waals surface area contributed by atoms with Crippen LogP contribution in [0.4, 0.5) is 0 Å². The lowest BCUT2D eigenvalue weighted by Gasteiger charge is -2.25. The molecule has 0 saturated heterocycles. The second-order valence-electron chi connectivity index (χ2n) is 13.6. The molecule has 0 N–H and O–H groups in total. The molecule has 1 aliphatic rings. The number of thiophene rings is 1. The van der Waals surface area contributed by atoms with E-state index >= 15 is 0 Å². The topological polar surface area (TPSA) is 0 Å². The largest absolute Gasteiger partial charge is 0.135 e. The van der Waals surface area contributed by atoms with Gasteiger partial charge in [0.1, 0.15) is 0 Å². The van der Waals surface area contributed by atoms with E-state index in [9.17, 15) is 0 Å². The minimum Gasteiger partial charge on any atom is -0.135 e. The minimum absolute atomic E-state index is 0.114. The summed E-state index contributed by atoms with van der Waals surface area (Å²) in [6.45, 7) is 4.81. The molecular weight excluding hydrogens is 597 g/mol. The van der Waals surface area contributed by atoms with Crippen molar-refractivity contribution < 1.29 is 0 Å². The third-order valence-electron chi connectivity index (χ3n) is 10.6. The Morgan fingerprint density at radius 3 is 1.54 bits per heavy atom. The van der Waals surface area contributed by atoms with Crippen LogP contribution in [0.15, 0.2) is 158 Å². The first-order valence-corrected chi connectivity index (χ1v) is 17.6. The number of benzene rings is 8. The maximum absolute atomic E-state index is 2.47. The van der Waals surface area contributed by atoms with Crippen molar-refractivity contribution in [2.45, 2.75) is 19.3 Å². The Morgan fingerprint density at radius 2 is 0.896 bits per heavy atom. The molecule has 9 aromatic rings. The van der Waals surface area contributed by atoms with Gasteiger partial charge in [0.05, 0.1) is 0 Å². The van der Waals surface area contributed by atoms with Crippen molar-refractivity contribution in [1.82, 2.24) is 0 Å². The summed E-state index contributed by atoms with van der Waals surface area (Å²) < 4.78 is 2.71. The van der Waals surface area contributed by atoms with Crippen molar-refractivity contribution in [3.63, 3.8) is 0 Å². The molecule has 48 heavy (non-hydrogen) atoms. The van der Waals surface area contributed by atoms with Crippen LogP contribution in [0, 0.1) is 0 Å². The highest BCUT2D eigenvalue weighted by molar-refractivity contribution is 7.26. The highest BCUT2D eigenvalue weighted by Gasteiger charge is 2.39. The summed E-state index contributed by atoms with van der Waals surface area (Å²) in [5.74, 6) is 0. The van der Waals surface area contributed by atoms with E-state index in [1.165, 1.54) is 97.4 Å². The van der Waals surface area contributed by atoms with E-state index in [0.717, 1.165) is 0 Å². The Hall–Kier alpha value is -5.50. The Kier molecular flexibility index (Phi) is 5.89. The van der Waals surface area contributed by atoms with Crippen LogP contribution in [0.2, 0.25) is 0 Å². The first-order chi connectivity index (χ1) is 23.6. The van der Waals surface area contributed by atoms with E-state index < -0.39 is 0 Å². The van der Waals surface area contributed by atoms with E-state index in [4.69, 9.17) is 0 Å².